The van der Waals surface area contributed by atoms with E-state index in [9.17, 15) is 14.4 Å². The zero-order valence-electron chi connectivity index (χ0n) is 15.3. The normalized spacial score (nSPS) is 24.3. The van der Waals surface area contributed by atoms with E-state index in [2.05, 4.69) is 10.3 Å². The van der Waals surface area contributed by atoms with Gasteiger partial charge in [0.05, 0.1) is 17.2 Å². The first kappa shape index (κ1) is 18.6. The lowest BCUT2D eigenvalue weighted by Crippen LogP contribution is -2.55. The fraction of sp³-hybridized carbons (Fsp3) is 0.647. The molecular weight excluding hydrogens is 354 g/mol. The van der Waals surface area contributed by atoms with Gasteiger partial charge in [-0.2, -0.15) is 0 Å². The molecule has 0 spiro atoms. The molecule has 3 heterocycles. The summed E-state index contributed by atoms with van der Waals surface area (Å²) in [7, 11) is 3.29. The average Bonchev–Trinajstić information content (AvgIpc) is 3.35. The van der Waals surface area contributed by atoms with Crippen LogP contribution < -0.4 is 5.32 Å². The SMILES string of the molecule is CC1C(C(=O)NC(Cc2cscn2)C(=O)N2CCCC2)N(C)C(=O)N1C. The van der Waals surface area contributed by atoms with Crippen LogP contribution in [0.25, 0.3) is 0 Å². The third-order valence-corrected chi connectivity index (χ3v) is 5.92. The fourth-order valence-corrected chi connectivity index (χ4v) is 4.21. The molecule has 2 saturated heterocycles. The van der Waals surface area contributed by atoms with Crippen molar-refractivity contribution in [3.63, 3.8) is 0 Å². The molecule has 0 aliphatic carbocycles. The summed E-state index contributed by atoms with van der Waals surface area (Å²) in [5.74, 6) is -0.373. The minimum Gasteiger partial charge on any atom is -0.342 e. The molecule has 3 rings (SSSR count). The highest BCUT2D eigenvalue weighted by atomic mass is 32.1. The number of amides is 4. The number of likely N-dealkylation sites (N-methyl/N-ethyl adjacent to an activating group) is 2. The van der Waals surface area contributed by atoms with Crippen molar-refractivity contribution >= 4 is 29.2 Å². The summed E-state index contributed by atoms with van der Waals surface area (Å²) in [4.78, 5) is 46.9. The van der Waals surface area contributed by atoms with E-state index in [1.165, 1.54) is 16.2 Å². The first-order valence-corrected chi connectivity index (χ1v) is 9.80. The topological polar surface area (TPSA) is 85.9 Å². The predicted molar refractivity (Wildman–Crippen MR) is 97.7 cm³/mol. The van der Waals surface area contributed by atoms with Crippen molar-refractivity contribution < 1.29 is 14.4 Å². The maximum atomic E-state index is 12.9. The number of carbonyl (C=O) groups excluding carboxylic acids is 3. The summed E-state index contributed by atoms with van der Waals surface area (Å²) in [5, 5.41) is 4.78. The number of aromatic nitrogens is 1. The zero-order chi connectivity index (χ0) is 18.8. The Balaban J connectivity index is 1.75. The molecule has 2 aliphatic rings. The molecule has 1 N–H and O–H groups in total. The van der Waals surface area contributed by atoms with Crippen LogP contribution in [0.5, 0.6) is 0 Å². The number of urea groups is 1. The first-order chi connectivity index (χ1) is 12.4. The van der Waals surface area contributed by atoms with Crippen LogP contribution in [0.15, 0.2) is 10.9 Å². The summed E-state index contributed by atoms with van der Waals surface area (Å²) in [6.07, 6.45) is 2.34. The van der Waals surface area contributed by atoms with E-state index in [-0.39, 0.29) is 23.9 Å². The second-order valence-corrected chi connectivity index (χ2v) is 7.69. The van der Waals surface area contributed by atoms with Gasteiger partial charge in [-0.05, 0) is 19.8 Å². The molecule has 0 radical (unpaired) electrons. The number of hydrogen-bond donors (Lipinski definition) is 1. The monoisotopic (exact) mass is 379 g/mol. The molecule has 0 aromatic carbocycles. The molecule has 1 aromatic heterocycles. The molecule has 3 atom stereocenters. The number of likely N-dealkylation sites (tertiary alicyclic amines) is 1. The molecule has 3 unspecified atom stereocenters. The number of thiazole rings is 1. The summed E-state index contributed by atoms with van der Waals surface area (Å²) < 4.78 is 0. The Morgan fingerprint density at radius 1 is 1.31 bits per heavy atom. The lowest BCUT2D eigenvalue weighted by atomic mass is 10.1. The van der Waals surface area contributed by atoms with Gasteiger partial charge in [0.15, 0.2) is 0 Å². The molecule has 9 heteroatoms. The Kier molecular flexibility index (Phi) is 5.45. The van der Waals surface area contributed by atoms with Gasteiger partial charge in [0.1, 0.15) is 12.1 Å². The molecule has 4 amide bonds. The van der Waals surface area contributed by atoms with Gasteiger partial charge in [-0.1, -0.05) is 0 Å². The Hall–Kier alpha value is -2.16. The lowest BCUT2D eigenvalue weighted by molar-refractivity contribution is -0.136. The van der Waals surface area contributed by atoms with Crippen LogP contribution in [0, 0.1) is 0 Å². The maximum absolute atomic E-state index is 12.9. The Labute approximate surface area is 157 Å². The summed E-state index contributed by atoms with van der Waals surface area (Å²) in [6.45, 7) is 3.29. The van der Waals surface area contributed by atoms with E-state index in [1.807, 2.05) is 12.3 Å². The number of nitrogens with zero attached hydrogens (tertiary/aromatic N) is 4. The van der Waals surface area contributed by atoms with Gasteiger partial charge in [-0.25, -0.2) is 9.78 Å². The van der Waals surface area contributed by atoms with Crippen molar-refractivity contribution in [1.82, 2.24) is 25.0 Å². The zero-order valence-corrected chi connectivity index (χ0v) is 16.2. The summed E-state index contributed by atoms with van der Waals surface area (Å²) >= 11 is 1.46. The average molecular weight is 379 g/mol. The van der Waals surface area contributed by atoms with Gasteiger partial charge in [0.25, 0.3) is 0 Å². The first-order valence-electron chi connectivity index (χ1n) is 8.86. The Bertz CT molecular complexity index is 674. The highest BCUT2D eigenvalue weighted by Gasteiger charge is 2.44. The quantitative estimate of drug-likeness (QED) is 0.809. The number of carbonyl (C=O) groups is 3. The van der Waals surface area contributed by atoms with Crippen LogP contribution in [0.4, 0.5) is 4.79 Å². The van der Waals surface area contributed by atoms with E-state index in [1.54, 1.807) is 29.4 Å². The van der Waals surface area contributed by atoms with Crippen molar-refractivity contribution in [3.8, 4) is 0 Å². The van der Waals surface area contributed by atoms with Crippen LogP contribution in [0.3, 0.4) is 0 Å². The number of hydrogen-bond acceptors (Lipinski definition) is 5. The summed E-state index contributed by atoms with van der Waals surface area (Å²) in [5.41, 5.74) is 2.50. The molecule has 0 saturated carbocycles. The third kappa shape index (κ3) is 3.53. The molecule has 26 heavy (non-hydrogen) atoms. The van der Waals surface area contributed by atoms with E-state index in [0.717, 1.165) is 31.6 Å². The van der Waals surface area contributed by atoms with Gasteiger partial charge in [0, 0.05) is 39.0 Å². The second kappa shape index (κ2) is 7.61. The smallest absolute Gasteiger partial charge is 0.320 e. The van der Waals surface area contributed by atoms with Crippen molar-refractivity contribution in [3.05, 3.63) is 16.6 Å². The molecule has 0 bridgehead atoms. The highest BCUT2D eigenvalue weighted by molar-refractivity contribution is 7.07. The predicted octanol–water partition coefficient (Wildman–Crippen LogP) is 0.547. The van der Waals surface area contributed by atoms with E-state index >= 15 is 0 Å². The van der Waals surface area contributed by atoms with Gasteiger partial charge < -0.3 is 20.0 Å². The third-order valence-electron chi connectivity index (χ3n) is 5.29. The summed E-state index contributed by atoms with van der Waals surface area (Å²) in [6, 6.07) is -1.73. The van der Waals surface area contributed by atoms with Crippen LogP contribution in [0.2, 0.25) is 0 Å². The lowest BCUT2D eigenvalue weighted by Gasteiger charge is -2.27. The molecular formula is C17H25N5O3S. The van der Waals surface area contributed by atoms with Crippen LogP contribution >= 0.6 is 11.3 Å². The minimum absolute atomic E-state index is 0.0724. The molecule has 8 nitrogen and oxygen atoms in total. The van der Waals surface area contributed by atoms with Crippen molar-refractivity contribution in [2.45, 2.75) is 44.3 Å². The Morgan fingerprint density at radius 3 is 2.54 bits per heavy atom. The van der Waals surface area contributed by atoms with Crippen molar-refractivity contribution in [2.75, 3.05) is 27.2 Å². The fourth-order valence-electron chi connectivity index (χ4n) is 3.63. The second-order valence-electron chi connectivity index (χ2n) is 6.97. The molecule has 2 fully saturated rings. The molecule has 2 aliphatic heterocycles. The standard InChI is InChI=1S/C17H25N5O3S/c1-11-14(21(3)17(25)20(11)2)15(23)19-13(8-12-9-26-10-18-12)16(24)22-6-4-5-7-22/h9-11,13-14H,4-8H2,1-3H3,(H,19,23). The number of nitrogens with one attached hydrogen (secondary N) is 1. The van der Waals surface area contributed by atoms with Gasteiger partial charge in [0.2, 0.25) is 11.8 Å². The van der Waals surface area contributed by atoms with E-state index in [4.69, 9.17) is 0 Å². The van der Waals surface area contributed by atoms with Gasteiger partial charge in [-0.15, -0.1) is 11.3 Å². The van der Waals surface area contributed by atoms with Gasteiger partial charge >= 0.3 is 6.03 Å². The van der Waals surface area contributed by atoms with E-state index in [0.29, 0.717) is 6.42 Å². The van der Waals surface area contributed by atoms with E-state index < -0.39 is 12.1 Å². The molecule has 1 aromatic rings. The maximum Gasteiger partial charge on any atom is 0.320 e. The van der Waals surface area contributed by atoms with Crippen LogP contribution in [-0.2, 0) is 16.0 Å². The van der Waals surface area contributed by atoms with Crippen LogP contribution in [-0.4, -0.2) is 82.8 Å². The van der Waals surface area contributed by atoms with Crippen molar-refractivity contribution in [1.29, 1.82) is 0 Å². The Morgan fingerprint density at radius 2 is 2.00 bits per heavy atom. The number of rotatable bonds is 5. The van der Waals surface area contributed by atoms with Gasteiger partial charge in [-0.3, -0.25) is 9.59 Å². The highest BCUT2D eigenvalue weighted by Crippen LogP contribution is 2.20. The minimum atomic E-state index is -0.663. The van der Waals surface area contributed by atoms with Crippen molar-refractivity contribution in [2.24, 2.45) is 0 Å². The molecule has 142 valence electrons. The van der Waals surface area contributed by atoms with Crippen LogP contribution in [0.1, 0.15) is 25.5 Å². The largest absolute Gasteiger partial charge is 0.342 e.